The number of amides is 1. The van der Waals surface area contributed by atoms with E-state index in [4.69, 9.17) is 4.74 Å². The second-order valence-electron chi connectivity index (χ2n) is 24.2. The van der Waals surface area contributed by atoms with Gasteiger partial charge in [-0.1, -0.05) is 346 Å². The van der Waals surface area contributed by atoms with E-state index in [0.717, 1.165) is 51.4 Å². The molecule has 2 unspecified atom stereocenters. The summed E-state index contributed by atoms with van der Waals surface area (Å²) in [6.07, 6.45) is 86.6. The second-order valence-corrected chi connectivity index (χ2v) is 24.2. The van der Waals surface area contributed by atoms with Gasteiger partial charge in [-0.05, 0) is 64.2 Å². The van der Waals surface area contributed by atoms with Crippen molar-refractivity contribution in [3.63, 3.8) is 0 Å². The van der Waals surface area contributed by atoms with E-state index in [1.54, 1.807) is 6.08 Å². The van der Waals surface area contributed by atoms with Crippen molar-refractivity contribution in [2.45, 2.75) is 398 Å². The topological polar surface area (TPSA) is 95.9 Å². The van der Waals surface area contributed by atoms with Gasteiger partial charge in [0.05, 0.1) is 25.4 Å². The number of aliphatic hydroxyl groups is 2. The molecule has 0 saturated heterocycles. The van der Waals surface area contributed by atoms with E-state index in [0.29, 0.717) is 19.4 Å². The van der Waals surface area contributed by atoms with E-state index < -0.39 is 12.1 Å². The van der Waals surface area contributed by atoms with Crippen molar-refractivity contribution >= 4 is 11.9 Å². The third-order valence-electron chi connectivity index (χ3n) is 16.4. The molecule has 6 nitrogen and oxygen atoms in total. The van der Waals surface area contributed by atoms with E-state index in [9.17, 15) is 19.8 Å². The average Bonchev–Trinajstić information content (AvgIpc) is 3.44. The summed E-state index contributed by atoms with van der Waals surface area (Å²) in [7, 11) is 0. The summed E-state index contributed by atoms with van der Waals surface area (Å²) in [5.74, 6) is -0.0501. The van der Waals surface area contributed by atoms with Gasteiger partial charge in [0.2, 0.25) is 5.91 Å². The summed E-state index contributed by atoms with van der Waals surface area (Å²) in [6.45, 7) is 4.91. The van der Waals surface area contributed by atoms with Crippen LogP contribution in [0.1, 0.15) is 386 Å². The monoisotopic (exact) mass is 1100 g/mol. The number of nitrogens with one attached hydrogen (secondary N) is 1. The van der Waals surface area contributed by atoms with Crippen LogP contribution in [0.2, 0.25) is 0 Å². The predicted octanol–water partition coefficient (Wildman–Crippen LogP) is 22.7. The van der Waals surface area contributed by atoms with Crippen LogP contribution in [-0.2, 0) is 14.3 Å². The summed E-state index contributed by atoms with van der Waals surface area (Å²) in [6, 6.07) is -0.624. The van der Waals surface area contributed by atoms with Crippen molar-refractivity contribution in [3.8, 4) is 0 Å². The van der Waals surface area contributed by atoms with E-state index >= 15 is 0 Å². The van der Waals surface area contributed by atoms with Gasteiger partial charge >= 0.3 is 5.97 Å². The Kier molecular flexibility index (Phi) is 65.9. The van der Waals surface area contributed by atoms with Crippen molar-refractivity contribution in [1.82, 2.24) is 5.32 Å². The van der Waals surface area contributed by atoms with Crippen LogP contribution >= 0.6 is 0 Å². The van der Waals surface area contributed by atoms with Gasteiger partial charge in [0, 0.05) is 12.8 Å². The molecule has 0 rings (SSSR count). The van der Waals surface area contributed by atoms with Gasteiger partial charge in [-0.25, -0.2) is 0 Å². The normalized spacial score (nSPS) is 12.7. The van der Waals surface area contributed by atoms with Crippen molar-refractivity contribution in [1.29, 1.82) is 0 Å². The zero-order valence-electron chi connectivity index (χ0n) is 52.7. The highest BCUT2D eigenvalue weighted by molar-refractivity contribution is 5.76. The molecule has 0 bridgehead atoms. The highest BCUT2D eigenvalue weighted by atomic mass is 16.5. The number of esters is 1. The molecule has 0 aliphatic carbocycles. The Bertz CT molecular complexity index is 1260. The maximum absolute atomic E-state index is 12.5. The Labute approximate surface area is 487 Å². The lowest BCUT2D eigenvalue weighted by Crippen LogP contribution is -2.45. The van der Waals surface area contributed by atoms with Crippen molar-refractivity contribution in [2.75, 3.05) is 13.2 Å². The highest BCUT2D eigenvalue weighted by Gasteiger charge is 2.18. The lowest BCUT2D eigenvalue weighted by atomic mass is 10.0. The molecule has 0 radical (unpaired) electrons. The summed E-state index contributed by atoms with van der Waals surface area (Å²) in [5, 5.41) is 23.1. The van der Waals surface area contributed by atoms with Crippen molar-refractivity contribution < 1.29 is 24.5 Å². The zero-order valence-corrected chi connectivity index (χ0v) is 52.7. The first kappa shape index (κ1) is 76.1. The first-order valence-electron chi connectivity index (χ1n) is 35.3. The maximum atomic E-state index is 12.5. The molecule has 0 aromatic carbocycles. The molecule has 0 aromatic heterocycles. The van der Waals surface area contributed by atoms with Gasteiger partial charge in [-0.2, -0.15) is 0 Å². The number of carbonyl (C=O) groups excluding carboxylic acids is 2. The summed E-state index contributed by atoms with van der Waals surface area (Å²) in [4.78, 5) is 24.6. The Morgan fingerprint density at radius 3 is 0.987 bits per heavy atom. The molecule has 0 spiro atoms. The largest absolute Gasteiger partial charge is 0.466 e. The SMILES string of the molecule is CCCCCC/C=C\C/C=C\CCCCCCCCCC(=O)OCCCCCCCCCCCCCCCCCCCCCCCCCCCCCCCCC(=O)NC(CO)C(O)/C=C/CCCCCCCCCCCCC. The fourth-order valence-corrected chi connectivity index (χ4v) is 11.0. The molecule has 0 saturated carbocycles. The van der Waals surface area contributed by atoms with Crippen LogP contribution in [0, 0.1) is 0 Å². The van der Waals surface area contributed by atoms with Crippen molar-refractivity contribution in [3.05, 3.63) is 36.5 Å². The van der Waals surface area contributed by atoms with Crippen LogP contribution in [0.4, 0.5) is 0 Å². The average molecular weight is 1100 g/mol. The number of aliphatic hydroxyl groups excluding tert-OH is 2. The third-order valence-corrected chi connectivity index (χ3v) is 16.4. The minimum atomic E-state index is -0.841. The quantitative estimate of drug-likeness (QED) is 0.0320. The van der Waals surface area contributed by atoms with Crippen LogP contribution in [-0.4, -0.2) is 47.4 Å². The molecule has 0 aliphatic rings. The molecule has 460 valence electrons. The van der Waals surface area contributed by atoms with Gasteiger partial charge in [0.15, 0.2) is 0 Å². The molecule has 6 heteroatoms. The lowest BCUT2D eigenvalue weighted by molar-refractivity contribution is -0.143. The standard InChI is InChI=1S/C72H137NO5/c1-3-5-7-9-11-13-15-17-18-19-35-38-42-46-50-54-58-62-66-72(77)78-67-63-59-55-51-47-43-39-36-33-31-29-27-25-23-21-20-22-24-26-28-30-32-34-37-41-45-49-53-57-61-65-71(76)73-69(68-74)70(75)64-60-56-52-48-44-40-16-14-12-10-8-6-4-2/h13,15,18-19,60,64,69-70,74-75H,3-12,14,16-17,20-59,61-63,65-68H2,1-2H3,(H,73,76)/b15-13-,19-18-,64-60+. The Morgan fingerprint density at radius 1 is 0.359 bits per heavy atom. The van der Waals surface area contributed by atoms with Gasteiger partial charge in [-0.3, -0.25) is 9.59 Å². The number of ether oxygens (including phenoxy) is 1. The molecule has 1 amide bonds. The van der Waals surface area contributed by atoms with Crippen LogP contribution in [0.3, 0.4) is 0 Å². The first-order chi connectivity index (χ1) is 38.5. The highest BCUT2D eigenvalue weighted by Crippen LogP contribution is 2.19. The number of rotatable bonds is 66. The molecular formula is C72H137NO5. The molecule has 0 aliphatic heterocycles. The molecule has 2 atom stereocenters. The molecule has 3 N–H and O–H groups in total. The van der Waals surface area contributed by atoms with Gasteiger partial charge in [0.1, 0.15) is 0 Å². The molecular weight excluding hydrogens is 959 g/mol. The van der Waals surface area contributed by atoms with E-state index in [1.807, 2.05) is 6.08 Å². The van der Waals surface area contributed by atoms with E-state index in [-0.39, 0.29) is 18.5 Å². The lowest BCUT2D eigenvalue weighted by Gasteiger charge is -2.20. The smallest absolute Gasteiger partial charge is 0.305 e. The minimum absolute atomic E-state index is 0.0127. The number of carbonyl (C=O) groups is 2. The second kappa shape index (κ2) is 67.6. The molecule has 0 heterocycles. The maximum Gasteiger partial charge on any atom is 0.305 e. The minimum Gasteiger partial charge on any atom is -0.466 e. The van der Waals surface area contributed by atoms with Gasteiger partial charge in [0.25, 0.3) is 0 Å². The molecule has 78 heavy (non-hydrogen) atoms. The number of hydrogen-bond acceptors (Lipinski definition) is 5. The Balaban J connectivity index is 3.33. The summed E-state index contributed by atoms with van der Waals surface area (Å²) in [5.41, 5.74) is 0. The number of unbranched alkanes of at least 4 members (excludes halogenated alkanes) is 51. The van der Waals surface area contributed by atoms with Gasteiger partial charge in [-0.15, -0.1) is 0 Å². The van der Waals surface area contributed by atoms with Crippen LogP contribution in [0.25, 0.3) is 0 Å². The number of allylic oxidation sites excluding steroid dienone is 5. The van der Waals surface area contributed by atoms with Gasteiger partial charge < -0.3 is 20.3 Å². The number of hydrogen-bond donors (Lipinski definition) is 3. The fraction of sp³-hybridized carbons (Fsp3) is 0.889. The fourth-order valence-electron chi connectivity index (χ4n) is 11.0. The summed E-state index contributed by atoms with van der Waals surface area (Å²) >= 11 is 0. The third kappa shape index (κ3) is 63.3. The van der Waals surface area contributed by atoms with Crippen LogP contribution in [0.15, 0.2) is 36.5 Å². The first-order valence-corrected chi connectivity index (χ1v) is 35.3. The Hall–Kier alpha value is -1.92. The van der Waals surface area contributed by atoms with Crippen LogP contribution in [0.5, 0.6) is 0 Å². The van der Waals surface area contributed by atoms with E-state index in [1.165, 1.54) is 308 Å². The predicted molar refractivity (Wildman–Crippen MR) is 343 cm³/mol. The zero-order chi connectivity index (χ0) is 56.4. The summed E-state index contributed by atoms with van der Waals surface area (Å²) < 4.78 is 5.50. The van der Waals surface area contributed by atoms with Crippen LogP contribution < -0.4 is 5.32 Å². The Morgan fingerprint density at radius 2 is 0.641 bits per heavy atom. The van der Waals surface area contributed by atoms with E-state index in [2.05, 4.69) is 43.5 Å². The molecule has 0 fully saturated rings. The van der Waals surface area contributed by atoms with Crippen molar-refractivity contribution in [2.24, 2.45) is 0 Å². The molecule has 0 aromatic rings.